The molecule has 0 aliphatic carbocycles. The lowest BCUT2D eigenvalue weighted by molar-refractivity contribution is -0.668. The van der Waals surface area contributed by atoms with Crippen molar-refractivity contribution in [1.29, 1.82) is 0 Å². The van der Waals surface area contributed by atoms with Crippen LogP contribution in [-0.4, -0.2) is 154 Å². The second-order valence-electron chi connectivity index (χ2n) is 20.5. The van der Waals surface area contributed by atoms with E-state index in [1.54, 1.807) is 42.1 Å². The van der Waals surface area contributed by atoms with E-state index in [1.165, 1.54) is 22.9 Å². The number of benzene rings is 5. The van der Waals surface area contributed by atoms with Gasteiger partial charge in [0.2, 0.25) is 29.4 Å². The number of fused-ring (bicyclic) bond motifs is 1. The average Bonchev–Trinajstić information content (AvgIpc) is 1.68. The minimum Gasteiger partial charge on any atom is -0.479 e. The van der Waals surface area contributed by atoms with Gasteiger partial charge in [0.15, 0.2) is 18.3 Å². The fourth-order valence-corrected chi connectivity index (χ4v) is 10.3. The molecule has 2 aliphatic heterocycles. The number of anilines is 2. The molecular formula is C63H66N7O16+. The number of hydrogen-bond donors (Lipinski definition) is 7. The molecule has 448 valence electrons. The van der Waals surface area contributed by atoms with E-state index < -0.39 is 53.9 Å². The molecule has 2 aliphatic rings. The molecule has 0 unspecified atom stereocenters. The molecule has 9 rings (SSSR count). The second-order valence-corrected chi connectivity index (χ2v) is 20.5. The molecule has 2 aromatic heterocycles. The number of aryl methyl sites for hydroxylation is 2. The lowest BCUT2D eigenvalue weighted by atomic mass is 9.91. The number of nitrogens with two attached hydrogens (primary N) is 1. The molecule has 0 radical (unpaired) electrons. The van der Waals surface area contributed by atoms with E-state index in [0.29, 0.717) is 33.6 Å². The summed E-state index contributed by atoms with van der Waals surface area (Å²) in [5.41, 5.74) is 13.0. The number of aliphatic hydroxyl groups is 3. The van der Waals surface area contributed by atoms with Crippen molar-refractivity contribution in [1.82, 2.24) is 19.6 Å². The standard InChI is InChI=1S/C63H65N7O16/c1-37-14-19-44(56(75)53-55(40-10-6-4-7-11-40)67(3)70(61(53)79)43-12-8-5-9-13-43)54(64)52(37)42-18-20-46-41(35-42)17-15-38(2)69(46)36-39-16-21-47(85-63-59(78)57(76)58(77)60(86-63)62(80)81)45(34-39)66-49(72)24-26-65-48(71)25-28-82-30-32-84-33-31-83-29-27-68-50(73)22-23-51(68)74/h4-23,34-35,57-60,63,76-78H,24-33,36H2,1-3H3,(H4-,64,65,66,71,72,75,80,81)/p+1/t57-,58-,59+,60-,63+/m0/s1. The van der Waals surface area contributed by atoms with Gasteiger partial charge in [-0.05, 0) is 72.6 Å². The summed E-state index contributed by atoms with van der Waals surface area (Å²) in [4.78, 5) is 91.8. The summed E-state index contributed by atoms with van der Waals surface area (Å²) in [5, 5.41) is 47.7. The zero-order chi connectivity index (χ0) is 61.2. The quantitative estimate of drug-likeness (QED) is 0.0134. The normalized spacial score (nSPS) is 17.5. The number of imide groups is 1. The van der Waals surface area contributed by atoms with Gasteiger partial charge in [-0.3, -0.25) is 38.3 Å². The smallest absolute Gasteiger partial charge is 0.335 e. The van der Waals surface area contributed by atoms with E-state index in [0.717, 1.165) is 27.1 Å². The van der Waals surface area contributed by atoms with Gasteiger partial charge in [-0.25, -0.2) is 9.48 Å². The number of hydrogen-bond acceptors (Lipinski definition) is 16. The Hall–Kier alpha value is -9.20. The van der Waals surface area contributed by atoms with Crippen molar-refractivity contribution < 1.29 is 77.4 Å². The van der Waals surface area contributed by atoms with Gasteiger partial charge in [-0.2, -0.15) is 4.57 Å². The Bertz CT molecular complexity index is 3750. The number of aromatic nitrogens is 3. The molecule has 86 heavy (non-hydrogen) atoms. The summed E-state index contributed by atoms with van der Waals surface area (Å²) in [5.74, 6) is -3.92. The number of para-hydroxylation sites is 1. The molecule has 5 aromatic carbocycles. The maximum absolute atomic E-state index is 14.9. The van der Waals surface area contributed by atoms with Crippen molar-refractivity contribution in [3.05, 3.63) is 172 Å². The maximum Gasteiger partial charge on any atom is 0.335 e. The summed E-state index contributed by atoms with van der Waals surface area (Å²) in [6.45, 7) is 5.29. The van der Waals surface area contributed by atoms with Crippen LogP contribution in [0.1, 0.15) is 45.6 Å². The molecule has 0 spiro atoms. The highest BCUT2D eigenvalue weighted by atomic mass is 16.7. The first-order chi connectivity index (χ1) is 41.4. The van der Waals surface area contributed by atoms with Crippen molar-refractivity contribution in [2.75, 3.05) is 63.8 Å². The van der Waals surface area contributed by atoms with E-state index >= 15 is 0 Å². The van der Waals surface area contributed by atoms with Gasteiger partial charge in [-0.15, -0.1) is 0 Å². The summed E-state index contributed by atoms with van der Waals surface area (Å²) in [7, 11) is 1.74. The monoisotopic (exact) mass is 1180 g/mol. The number of nitrogens with zero attached hydrogens (tertiary/aromatic N) is 4. The summed E-state index contributed by atoms with van der Waals surface area (Å²) < 4.78 is 32.9. The minimum absolute atomic E-state index is 0.00519. The number of ether oxygens (including phenoxy) is 5. The Morgan fingerprint density at radius 3 is 2.08 bits per heavy atom. The number of aliphatic carboxylic acids is 1. The Morgan fingerprint density at radius 1 is 0.709 bits per heavy atom. The average molecular weight is 1180 g/mol. The SMILES string of the molecule is Cc1ccc(C(=O)c2c(-c3ccccc3)n(C)n(-c3ccccc3)c2=O)c(N)c1-c1ccc2c(ccc(C)[n+]2Cc2ccc(O[C@@H]3O[C@H](C(=O)O)[C@@H](O)[C@H](O)[C@H]3O)c(NC(=O)CCNC(=O)CCOCCOCCOCCN3C(=O)C=CC3=O)c2)c1. The van der Waals surface area contributed by atoms with Crippen molar-refractivity contribution in [3.63, 3.8) is 0 Å². The first-order valence-electron chi connectivity index (χ1n) is 27.8. The molecule has 0 bridgehead atoms. The number of carbonyl (C=O) groups excluding carboxylic acids is 5. The fourth-order valence-electron chi connectivity index (χ4n) is 10.3. The Balaban J connectivity index is 0.885. The van der Waals surface area contributed by atoms with Crippen molar-refractivity contribution in [2.24, 2.45) is 7.05 Å². The number of nitrogens with one attached hydrogen (secondary N) is 2. The highest BCUT2D eigenvalue weighted by molar-refractivity contribution is 6.17. The van der Waals surface area contributed by atoms with E-state index in [-0.39, 0.29) is 118 Å². The van der Waals surface area contributed by atoms with Crippen LogP contribution in [0.3, 0.4) is 0 Å². The molecule has 0 saturated carbocycles. The third kappa shape index (κ3) is 13.8. The zero-order valence-corrected chi connectivity index (χ0v) is 47.4. The topological polar surface area (TPSA) is 314 Å². The van der Waals surface area contributed by atoms with Gasteiger partial charge >= 0.3 is 5.97 Å². The second kappa shape index (κ2) is 27.7. The van der Waals surface area contributed by atoms with Crippen LogP contribution in [0.25, 0.3) is 39.0 Å². The number of aliphatic hydroxyl groups excluding tert-OH is 3. The van der Waals surface area contributed by atoms with E-state index in [1.807, 2.05) is 103 Å². The minimum atomic E-state index is -1.97. The number of amides is 4. The van der Waals surface area contributed by atoms with Crippen molar-refractivity contribution in [3.8, 4) is 33.8 Å². The van der Waals surface area contributed by atoms with Gasteiger partial charge in [0.05, 0.1) is 68.9 Å². The van der Waals surface area contributed by atoms with Crippen LogP contribution in [0.5, 0.6) is 5.75 Å². The third-order valence-corrected chi connectivity index (χ3v) is 14.7. The number of pyridine rings is 1. The molecule has 1 saturated heterocycles. The molecule has 8 N–H and O–H groups in total. The van der Waals surface area contributed by atoms with E-state index in [9.17, 15) is 54.0 Å². The number of carboxylic acid groups (broad SMARTS) is 1. The van der Waals surface area contributed by atoms with Crippen LogP contribution in [0.2, 0.25) is 0 Å². The largest absolute Gasteiger partial charge is 0.479 e. The molecule has 1 fully saturated rings. The van der Waals surface area contributed by atoms with E-state index in [2.05, 4.69) is 10.6 Å². The molecule has 4 amide bonds. The summed E-state index contributed by atoms with van der Waals surface area (Å²) in [6.07, 6.45) is -7.38. The van der Waals surface area contributed by atoms with Gasteiger partial charge < -0.3 is 60.5 Å². The lowest BCUT2D eigenvalue weighted by Crippen LogP contribution is -2.61. The molecule has 23 nitrogen and oxygen atoms in total. The van der Waals surface area contributed by atoms with Gasteiger partial charge in [0.1, 0.15) is 29.6 Å². The number of rotatable bonds is 26. The summed E-state index contributed by atoms with van der Waals surface area (Å²) >= 11 is 0. The Kier molecular flexibility index (Phi) is 19.7. The van der Waals surface area contributed by atoms with Crippen LogP contribution in [0.4, 0.5) is 11.4 Å². The predicted octanol–water partition coefficient (Wildman–Crippen LogP) is 3.51. The third-order valence-electron chi connectivity index (χ3n) is 14.7. The predicted molar refractivity (Wildman–Crippen MR) is 313 cm³/mol. The zero-order valence-electron chi connectivity index (χ0n) is 47.4. The van der Waals surface area contributed by atoms with Crippen molar-refractivity contribution >= 4 is 57.7 Å². The molecule has 4 heterocycles. The number of carbonyl (C=O) groups is 6. The number of ketones is 1. The Morgan fingerprint density at radius 2 is 1.38 bits per heavy atom. The van der Waals surface area contributed by atoms with Gasteiger partial charge in [0.25, 0.3) is 17.4 Å². The highest BCUT2D eigenvalue weighted by Crippen LogP contribution is 2.37. The van der Waals surface area contributed by atoms with Crippen LogP contribution >= 0.6 is 0 Å². The highest BCUT2D eigenvalue weighted by Gasteiger charge is 2.48. The first-order valence-corrected chi connectivity index (χ1v) is 27.8. The first kappa shape index (κ1) is 61.4. The van der Waals surface area contributed by atoms with E-state index in [4.69, 9.17) is 29.4 Å². The van der Waals surface area contributed by atoms with Crippen LogP contribution in [-0.2, 0) is 56.5 Å². The van der Waals surface area contributed by atoms with Crippen molar-refractivity contribution in [2.45, 2.75) is 63.9 Å². The van der Waals surface area contributed by atoms with Crippen LogP contribution in [0, 0.1) is 13.8 Å². The molecule has 7 aromatic rings. The van der Waals surface area contributed by atoms with Crippen LogP contribution in [0.15, 0.2) is 138 Å². The molecule has 23 heteroatoms. The number of carboxylic acids is 1. The fraction of sp³-hybridized carbons (Fsp3) is 0.302. The van der Waals surface area contributed by atoms with Gasteiger partial charge in [-0.1, -0.05) is 54.6 Å². The van der Waals surface area contributed by atoms with Gasteiger partial charge in [0, 0.05) is 85.3 Å². The number of nitrogen functional groups attached to an aromatic ring is 1. The maximum atomic E-state index is 14.9. The summed E-state index contributed by atoms with van der Waals surface area (Å²) in [6, 6.07) is 36.2. The lowest BCUT2D eigenvalue weighted by Gasteiger charge is -2.38. The molecule has 5 atom stereocenters. The molecular weight excluding hydrogens is 1110 g/mol. The Labute approximate surface area is 493 Å². The van der Waals surface area contributed by atoms with Crippen LogP contribution < -0.4 is 31.2 Å².